The Morgan fingerprint density at radius 2 is 1.73 bits per heavy atom. The molecule has 6 nitrogen and oxygen atoms in total. The van der Waals surface area contributed by atoms with Crippen molar-refractivity contribution in [1.82, 2.24) is 0 Å². The van der Waals surface area contributed by atoms with Crippen LogP contribution in [-0.4, -0.2) is 33.7 Å². The van der Waals surface area contributed by atoms with Gasteiger partial charge >= 0.3 is 0 Å². The second-order valence-electron chi connectivity index (χ2n) is 5.68. The van der Waals surface area contributed by atoms with E-state index in [1.807, 2.05) is 0 Å². The van der Waals surface area contributed by atoms with Crippen molar-refractivity contribution in [1.29, 1.82) is 0 Å². The average Bonchev–Trinajstić information content (AvgIpc) is 2.60. The van der Waals surface area contributed by atoms with Crippen molar-refractivity contribution in [2.45, 2.75) is 19.4 Å². The summed E-state index contributed by atoms with van der Waals surface area (Å²) < 4.78 is 30.9. The van der Waals surface area contributed by atoms with Crippen molar-refractivity contribution in [2.24, 2.45) is 0 Å². The summed E-state index contributed by atoms with van der Waals surface area (Å²) in [5.74, 6) is 0.243. The molecule has 1 atom stereocenters. The van der Waals surface area contributed by atoms with Crippen LogP contribution in [0.15, 0.2) is 48.5 Å². The van der Waals surface area contributed by atoms with Crippen LogP contribution in [-0.2, 0) is 14.8 Å². The van der Waals surface area contributed by atoms with E-state index < -0.39 is 22.0 Å². The van der Waals surface area contributed by atoms with Crippen LogP contribution in [0.4, 0.5) is 11.4 Å². The quantitative estimate of drug-likeness (QED) is 0.776. The lowest BCUT2D eigenvalue weighted by Crippen LogP contribution is -2.46. The number of halogens is 1. The first kappa shape index (κ1) is 20.1. The Labute approximate surface area is 158 Å². The first-order valence-electron chi connectivity index (χ1n) is 7.96. The van der Waals surface area contributed by atoms with E-state index in [1.165, 1.54) is 0 Å². The van der Waals surface area contributed by atoms with Gasteiger partial charge in [-0.15, -0.1) is 0 Å². The van der Waals surface area contributed by atoms with Crippen molar-refractivity contribution >= 4 is 38.9 Å². The Kier molecular flexibility index (Phi) is 6.50. The molecule has 0 unspecified atom stereocenters. The SMILES string of the molecule is CC[C@H](C(=O)Nc1ccc(OC)cc1)N(c1ccc(Cl)cc1)S(C)(=O)=O. The minimum Gasteiger partial charge on any atom is -0.497 e. The predicted molar refractivity (Wildman–Crippen MR) is 104 cm³/mol. The molecule has 0 aliphatic heterocycles. The number of ether oxygens (including phenoxy) is 1. The summed E-state index contributed by atoms with van der Waals surface area (Å²) in [6.07, 6.45) is 1.38. The molecule has 2 aromatic rings. The largest absolute Gasteiger partial charge is 0.497 e. The highest BCUT2D eigenvalue weighted by Crippen LogP contribution is 2.25. The van der Waals surface area contributed by atoms with Crippen LogP contribution in [0.3, 0.4) is 0 Å². The van der Waals surface area contributed by atoms with Gasteiger partial charge < -0.3 is 10.1 Å². The molecule has 0 spiro atoms. The molecule has 1 amide bonds. The van der Waals surface area contributed by atoms with Crippen LogP contribution in [0.25, 0.3) is 0 Å². The van der Waals surface area contributed by atoms with Crippen LogP contribution in [0.2, 0.25) is 5.02 Å². The highest BCUT2D eigenvalue weighted by Gasteiger charge is 2.31. The highest BCUT2D eigenvalue weighted by molar-refractivity contribution is 7.92. The number of carbonyl (C=O) groups excluding carboxylic acids is 1. The van der Waals surface area contributed by atoms with Gasteiger partial charge in [-0.1, -0.05) is 18.5 Å². The molecular weight excluding hydrogens is 376 g/mol. The van der Waals surface area contributed by atoms with Gasteiger partial charge in [-0.05, 0) is 55.0 Å². The van der Waals surface area contributed by atoms with Crippen molar-refractivity contribution < 1.29 is 17.9 Å². The summed E-state index contributed by atoms with van der Waals surface area (Å²) in [6.45, 7) is 1.76. The predicted octanol–water partition coefficient (Wildman–Crippen LogP) is 3.53. The topological polar surface area (TPSA) is 75.7 Å². The Morgan fingerprint density at radius 1 is 1.15 bits per heavy atom. The Balaban J connectivity index is 2.31. The van der Waals surface area contributed by atoms with Crippen molar-refractivity contribution in [3.63, 3.8) is 0 Å². The average molecular weight is 397 g/mol. The lowest BCUT2D eigenvalue weighted by molar-refractivity contribution is -0.117. The summed E-state index contributed by atoms with van der Waals surface area (Å²) in [4.78, 5) is 12.8. The third-order valence-corrected chi connectivity index (χ3v) is 5.20. The summed E-state index contributed by atoms with van der Waals surface area (Å²) in [6, 6.07) is 12.2. The lowest BCUT2D eigenvalue weighted by Gasteiger charge is -2.30. The van der Waals surface area contributed by atoms with E-state index in [2.05, 4.69) is 5.32 Å². The molecular formula is C18H21ClN2O4S. The van der Waals surface area contributed by atoms with Gasteiger partial charge in [0.2, 0.25) is 15.9 Å². The van der Waals surface area contributed by atoms with Gasteiger partial charge in [0, 0.05) is 10.7 Å². The number of nitrogens with zero attached hydrogens (tertiary/aromatic N) is 1. The van der Waals surface area contributed by atoms with Crippen LogP contribution in [0.5, 0.6) is 5.75 Å². The fraction of sp³-hybridized carbons (Fsp3) is 0.278. The molecule has 8 heteroatoms. The normalized spacial score (nSPS) is 12.3. The lowest BCUT2D eigenvalue weighted by atomic mass is 10.2. The summed E-state index contributed by atoms with van der Waals surface area (Å²) in [5, 5.41) is 3.24. The third-order valence-electron chi connectivity index (χ3n) is 3.77. The van der Waals surface area contributed by atoms with Crippen LogP contribution >= 0.6 is 11.6 Å². The van der Waals surface area contributed by atoms with E-state index in [-0.39, 0.29) is 0 Å². The second kappa shape index (κ2) is 8.42. The van der Waals surface area contributed by atoms with E-state index >= 15 is 0 Å². The summed E-state index contributed by atoms with van der Waals surface area (Å²) >= 11 is 5.88. The Bertz CT molecular complexity index is 852. The number of amides is 1. The molecule has 2 rings (SSSR count). The minimum atomic E-state index is -3.68. The molecule has 0 aliphatic carbocycles. The molecule has 0 aliphatic rings. The molecule has 0 saturated carbocycles. The number of hydrogen-bond acceptors (Lipinski definition) is 4. The molecule has 2 aromatic carbocycles. The van der Waals surface area contributed by atoms with Gasteiger partial charge in [0.1, 0.15) is 11.8 Å². The number of nitrogens with one attached hydrogen (secondary N) is 1. The number of carbonyl (C=O) groups is 1. The number of methoxy groups -OCH3 is 1. The fourth-order valence-electron chi connectivity index (χ4n) is 2.55. The van der Waals surface area contributed by atoms with E-state index in [1.54, 1.807) is 62.6 Å². The molecule has 1 N–H and O–H groups in total. The van der Waals surface area contributed by atoms with Gasteiger partial charge in [0.05, 0.1) is 19.1 Å². The Morgan fingerprint density at radius 3 is 2.19 bits per heavy atom. The molecule has 0 fully saturated rings. The molecule has 26 heavy (non-hydrogen) atoms. The molecule has 0 aromatic heterocycles. The molecule has 0 radical (unpaired) electrons. The minimum absolute atomic E-state index is 0.303. The van der Waals surface area contributed by atoms with E-state index in [4.69, 9.17) is 16.3 Å². The second-order valence-corrected chi connectivity index (χ2v) is 7.97. The monoisotopic (exact) mass is 396 g/mol. The molecule has 0 saturated heterocycles. The highest BCUT2D eigenvalue weighted by atomic mass is 35.5. The Hall–Kier alpha value is -2.25. The number of hydrogen-bond donors (Lipinski definition) is 1. The standard InChI is InChI=1S/C18H21ClN2O4S/c1-4-17(18(22)20-14-7-11-16(25-2)12-8-14)21(26(3,23)24)15-9-5-13(19)6-10-15/h5-12,17H,4H2,1-3H3,(H,20,22)/t17-/m1/s1. The van der Waals surface area contributed by atoms with E-state index in [9.17, 15) is 13.2 Å². The number of sulfonamides is 1. The van der Waals surface area contributed by atoms with Crippen LogP contribution in [0, 0.1) is 0 Å². The van der Waals surface area contributed by atoms with Crippen LogP contribution < -0.4 is 14.4 Å². The van der Waals surface area contributed by atoms with Crippen molar-refractivity contribution in [3.05, 3.63) is 53.6 Å². The smallest absolute Gasteiger partial charge is 0.248 e. The number of rotatable bonds is 7. The zero-order valence-electron chi connectivity index (χ0n) is 14.8. The summed E-state index contributed by atoms with van der Waals surface area (Å²) in [7, 11) is -2.13. The zero-order valence-corrected chi connectivity index (χ0v) is 16.3. The fourth-order valence-corrected chi connectivity index (χ4v) is 3.89. The zero-order chi connectivity index (χ0) is 19.3. The first-order valence-corrected chi connectivity index (χ1v) is 10.2. The van der Waals surface area contributed by atoms with Crippen LogP contribution in [0.1, 0.15) is 13.3 Å². The van der Waals surface area contributed by atoms with Gasteiger partial charge in [0.25, 0.3) is 0 Å². The first-order chi connectivity index (χ1) is 12.3. The summed E-state index contributed by atoms with van der Waals surface area (Å²) in [5.41, 5.74) is 0.937. The maximum Gasteiger partial charge on any atom is 0.248 e. The number of anilines is 2. The maximum absolute atomic E-state index is 12.8. The van der Waals surface area contributed by atoms with Gasteiger partial charge in [0.15, 0.2) is 0 Å². The van der Waals surface area contributed by atoms with Gasteiger partial charge in [-0.3, -0.25) is 9.10 Å². The van der Waals surface area contributed by atoms with Gasteiger partial charge in [-0.2, -0.15) is 0 Å². The maximum atomic E-state index is 12.8. The van der Waals surface area contributed by atoms with Gasteiger partial charge in [-0.25, -0.2) is 8.42 Å². The number of benzene rings is 2. The van der Waals surface area contributed by atoms with Crippen molar-refractivity contribution in [3.8, 4) is 5.75 Å². The molecule has 0 bridgehead atoms. The van der Waals surface area contributed by atoms with Crippen molar-refractivity contribution in [2.75, 3.05) is 23.0 Å². The van der Waals surface area contributed by atoms with E-state index in [0.717, 1.165) is 10.6 Å². The molecule has 140 valence electrons. The third kappa shape index (κ3) is 4.89. The van der Waals surface area contributed by atoms with E-state index in [0.29, 0.717) is 28.6 Å². The molecule has 0 heterocycles.